The Balaban J connectivity index is 2.20. The Labute approximate surface area is 113 Å². The van der Waals surface area contributed by atoms with Crippen molar-refractivity contribution in [1.82, 2.24) is 10.5 Å². The summed E-state index contributed by atoms with van der Waals surface area (Å²) in [6, 6.07) is 2.01. The molecular weight excluding hydrogens is 268 g/mol. The Morgan fingerprint density at radius 2 is 2.10 bits per heavy atom. The zero-order valence-electron chi connectivity index (χ0n) is 11.0. The molecule has 1 amide bonds. The van der Waals surface area contributed by atoms with Gasteiger partial charge in [-0.1, -0.05) is 5.16 Å². The van der Waals surface area contributed by atoms with Crippen LogP contribution >= 0.6 is 0 Å². The number of aryl methyl sites for hydroxylation is 2. The molecule has 0 radical (unpaired) electrons. The Morgan fingerprint density at radius 1 is 1.40 bits per heavy atom. The number of nitrogen functional groups attached to an aromatic ring is 1. The van der Waals surface area contributed by atoms with Crippen LogP contribution in [0.1, 0.15) is 27.4 Å². The Hall–Kier alpha value is -2.44. The standard InChI is InChI=1S/C13H13F2N3O2/c1-6-8(7(2)20-18-6)5-17-13(19)11-9(14)3-4-10(16)12(11)15/h3-4H,5,16H2,1-2H3,(H,17,19). The minimum Gasteiger partial charge on any atom is -0.396 e. The van der Waals surface area contributed by atoms with Crippen LogP contribution in [0.5, 0.6) is 0 Å². The molecule has 0 unspecified atom stereocenters. The summed E-state index contributed by atoms with van der Waals surface area (Å²) in [6.45, 7) is 3.45. The molecule has 0 spiro atoms. The van der Waals surface area contributed by atoms with Gasteiger partial charge in [0.15, 0.2) is 5.82 Å². The number of nitrogens with two attached hydrogens (primary N) is 1. The van der Waals surface area contributed by atoms with Gasteiger partial charge < -0.3 is 15.6 Å². The van der Waals surface area contributed by atoms with Crippen molar-refractivity contribution >= 4 is 11.6 Å². The summed E-state index contributed by atoms with van der Waals surface area (Å²) < 4.78 is 32.1. The molecule has 7 heteroatoms. The summed E-state index contributed by atoms with van der Waals surface area (Å²) in [5.41, 5.74) is 5.62. The maximum Gasteiger partial charge on any atom is 0.257 e. The monoisotopic (exact) mass is 281 g/mol. The maximum atomic E-state index is 13.7. The van der Waals surface area contributed by atoms with Gasteiger partial charge in [0.25, 0.3) is 5.91 Å². The van der Waals surface area contributed by atoms with Crippen LogP contribution in [0, 0.1) is 25.5 Å². The number of nitrogens with zero attached hydrogens (tertiary/aromatic N) is 1. The SMILES string of the molecule is Cc1noc(C)c1CNC(=O)c1c(F)ccc(N)c1F. The van der Waals surface area contributed by atoms with Gasteiger partial charge in [-0.2, -0.15) is 0 Å². The van der Waals surface area contributed by atoms with Crippen molar-refractivity contribution in [3.05, 3.63) is 46.3 Å². The first kappa shape index (κ1) is 14.0. The first-order valence-electron chi connectivity index (χ1n) is 5.85. The lowest BCUT2D eigenvalue weighted by Crippen LogP contribution is -2.26. The zero-order valence-corrected chi connectivity index (χ0v) is 11.0. The van der Waals surface area contributed by atoms with Crippen molar-refractivity contribution in [2.75, 3.05) is 5.73 Å². The molecule has 0 aliphatic rings. The number of hydrogen-bond donors (Lipinski definition) is 2. The maximum absolute atomic E-state index is 13.7. The first-order valence-corrected chi connectivity index (χ1v) is 5.85. The second kappa shape index (κ2) is 5.28. The first-order chi connectivity index (χ1) is 9.41. The summed E-state index contributed by atoms with van der Waals surface area (Å²) in [6.07, 6.45) is 0. The number of halogens is 2. The van der Waals surface area contributed by atoms with Crippen molar-refractivity contribution in [2.45, 2.75) is 20.4 Å². The normalized spacial score (nSPS) is 10.6. The summed E-state index contributed by atoms with van der Waals surface area (Å²) in [4.78, 5) is 11.9. The summed E-state index contributed by atoms with van der Waals surface area (Å²) in [5, 5.41) is 6.14. The number of carbonyl (C=O) groups is 1. The largest absolute Gasteiger partial charge is 0.396 e. The van der Waals surface area contributed by atoms with Crippen LogP contribution in [-0.4, -0.2) is 11.1 Å². The molecule has 0 aliphatic carbocycles. The van der Waals surface area contributed by atoms with Crippen LogP contribution in [0.15, 0.2) is 16.7 Å². The average Bonchev–Trinajstić information content (AvgIpc) is 2.72. The third-order valence-electron chi connectivity index (χ3n) is 2.95. The number of benzene rings is 1. The molecule has 0 atom stereocenters. The van der Waals surface area contributed by atoms with Crippen LogP contribution in [-0.2, 0) is 6.54 Å². The molecule has 0 bridgehead atoms. The highest BCUT2D eigenvalue weighted by molar-refractivity contribution is 5.95. The van der Waals surface area contributed by atoms with E-state index in [2.05, 4.69) is 10.5 Å². The van der Waals surface area contributed by atoms with Gasteiger partial charge in [-0.05, 0) is 26.0 Å². The van der Waals surface area contributed by atoms with E-state index in [0.717, 1.165) is 12.1 Å². The number of amides is 1. The molecule has 0 saturated carbocycles. The van der Waals surface area contributed by atoms with E-state index in [1.807, 2.05) is 0 Å². The Bertz CT molecular complexity index is 648. The molecule has 2 aromatic rings. The summed E-state index contributed by atoms with van der Waals surface area (Å²) >= 11 is 0. The van der Waals surface area contributed by atoms with E-state index in [1.54, 1.807) is 13.8 Å². The average molecular weight is 281 g/mol. The molecule has 0 aliphatic heterocycles. The van der Waals surface area contributed by atoms with Crippen molar-refractivity contribution in [3.63, 3.8) is 0 Å². The molecule has 1 aromatic carbocycles. The van der Waals surface area contributed by atoms with E-state index in [9.17, 15) is 13.6 Å². The number of aromatic nitrogens is 1. The summed E-state index contributed by atoms with van der Waals surface area (Å²) in [5.74, 6) is -2.38. The molecule has 2 rings (SSSR count). The van der Waals surface area contributed by atoms with Gasteiger partial charge in [-0.25, -0.2) is 8.78 Å². The fourth-order valence-electron chi connectivity index (χ4n) is 1.79. The van der Waals surface area contributed by atoms with E-state index < -0.39 is 23.1 Å². The van der Waals surface area contributed by atoms with Gasteiger partial charge in [0.05, 0.1) is 11.4 Å². The van der Waals surface area contributed by atoms with Crippen molar-refractivity contribution in [2.24, 2.45) is 0 Å². The molecule has 20 heavy (non-hydrogen) atoms. The third kappa shape index (κ3) is 2.47. The summed E-state index contributed by atoms with van der Waals surface area (Å²) in [7, 11) is 0. The van der Waals surface area contributed by atoms with Gasteiger partial charge >= 0.3 is 0 Å². The van der Waals surface area contributed by atoms with E-state index in [-0.39, 0.29) is 12.2 Å². The molecule has 3 N–H and O–H groups in total. The van der Waals surface area contributed by atoms with Crippen LogP contribution in [0.4, 0.5) is 14.5 Å². The van der Waals surface area contributed by atoms with E-state index in [4.69, 9.17) is 10.3 Å². The van der Waals surface area contributed by atoms with E-state index in [0.29, 0.717) is 17.0 Å². The highest BCUT2D eigenvalue weighted by atomic mass is 19.1. The predicted octanol–water partition coefficient (Wildman–Crippen LogP) is 2.08. The number of hydrogen-bond acceptors (Lipinski definition) is 4. The molecule has 106 valence electrons. The van der Waals surface area contributed by atoms with Crippen LogP contribution in [0.25, 0.3) is 0 Å². The van der Waals surface area contributed by atoms with Crippen molar-refractivity contribution < 1.29 is 18.1 Å². The third-order valence-corrected chi connectivity index (χ3v) is 2.95. The number of carbonyl (C=O) groups excluding carboxylic acids is 1. The second-order valence-electron chi connectivity index (χ2n) is 4.31. The van der Waals surface area contributed by atoms with Crippen LogP contribution in [0.3, 0.4) is 0 Å². The minimum absolute atomic E-state index is 0.0632. The molecule has 5 nitrogen and oxygen atoms in total. The van der Waals surface area contributed by atoms with E-state index in [1.165, 1.54) is 0 Å². The number of nitrogens with one attached hydrogen (secondary N) is 1. The minimum atomic E-state index is -1.07. The Kier molecular flexibility index (Phi) is 3.69. The molecule has 1 heterocycles. The quantitative estimate of drug-likeness (QED) is 0.844. The fraction of sp³-hybridized carbons (Fsp3) is 0.231. The Morgan fingerprint density at radius 3 is 2.70 bits per heavy atom. The molecule has 0 saturated heterocycles. The lowest BCUT2D eigenvalue weighted by atomic mass is 10.1. The van der Waals surface area contributed by atoms with Crippen molar-refractivity contribution in [1.29, 1.82) is 0 Å². The molecular formula is C13H13F2N3O2. The highest BCUT2D eigenvalue weighted by Crippen LogP contribution is 2.19. The molecule has 0 fully saturated rings. The van der Waals surface area contributed by atoms with Gasteiger partial charge in [0.1, 0.15) is 17.1 Å². The van der Waals surface area contributed by atoms with Gasteiger partial charge in [0, 0.05) is 12.1 Å². The van der Waals surface area contributed by atoms with Gasteiger partial charge in [0.2, 0.25) is 0 Å². The van der Waals surface area contributed by atoms with Crippen LogP contribution < -0.4 is 11.1 Å². The fourth-order valence-corrected chi connectivity index (χ4v) is 1.79. The van der Waals surface area contributed by atoms with Crippen molar-refractivity contribution in [3.8, 4) is 0 Å². The van der Waals surface area contributed by atoms with Gasteiger partial charge in [-0.3, -0.25) is 4.79 Å². The lowest BCUT2D eigenvalue weighted by molar-refractivity contribution is 0.0942. The smallest absolute Gasteiger partial charge is 0.257 e. The number of anilines is 1. The van der Waals surface area contributed by atoms with E-state index >= 15 is 0 Å². The zero-order chi connectivity index (χ0) is 14.9. The molecule has 1 aromatic heterocycles. The lowest BCUT2D eigenvalue weighted by Gasteiger charge is -2.08. The second-order valence-corrected chi connectivity index (χ2v) is 4.31. The topological polar surface area (TPSA) is 81.2 Å². The van der Waals surface area contributed by atoms with Gasteiger partial charge in [-0.15, -0.1) is 0 Å². The number of rotatable bonds is 3. The highest BCUT2D eigenvalue weighted by Gasteiger charge is 2.20. The predicted molar refractivity (Wildman–Crippen MR) is 67.9 cm³/mol. The van der Waals surface area contributed by atoms with Crippen LogP contribution in [0.2, 0.25) is 0 Å².